The van der Waals surface area contributed by atoms with Gasteiger partial charge >= 0.3 is 0 Å². The molecule has 0 radical (unpaired) electrons. The summed E-state index contributed by atoms with van der Waals surface area (Å²) in [7, 11) is -3.59. The number of halogens is 1. The van der Waals surface area contributed by atoms with Crippen molar-refractivity contribution in [2.24, 2.45) is 0 Å². The Hall–Kier alpha value is -3.56. The van der Waals surface area contributed by atoms with Crippen LogP contribution in [0.25, 0.3) is 11.4 Å². The van der Waals surface area contributed by atoms with Gasteiger partial charge in [-0.15, -0.1) is 0 Å². The van der Waals surface area contributed by atoms with E-state index in [4.69, 9.17) is 9.26 Å². The number of nitrogens with zero attached hydrogens (tertiary/aromatic N) is 3. The molecule has 5 rings (SSSR count). The van der Waals surface area contributed by atoms with Gasteiger partial charge in [0, 0.05) is 18.7 Å². The Bertz CT molecular complexity index is 1400. The van der Waals surface area contributed by atoms with Gasteiger partial charge in [0.15, 0.2) is 0 Å². The largest absolute Gasteiger partial charge is 0.457 e. The van der Waals surface area contributed by atoms with Crippen LogP contribution in [0.3, 0.4) is 0 Å². The number of aromatic nitrogens is 2. The van der Waals surface area contributed by atoms with Gasteiger partial charge in [0.05, 0.1) is 10.8 Å². The van der Waals surface area contributed by atoms with E-state index in [2.05, 4.69) is 10.1 Å². The molecule has 0 N–H and O–H groups in total. The maximum atomic E-state index is 13.1. The first-order valence-corrected chi connectivity index (χ1v) is 12.8. The van der Waals surface area contributed by atoms with Crippen molar-refractivity contribution >= 4 is 10.0 Å². The standard InChI is InChI=1S/C26H24FN3O4S/c1-18-4-14-24(15-5-18)35(31,32)30-16-2-3-20(17-30)26-28-25(29-34-26)19-6-10-22(11-7-19)33-23-12-8-21(27)9-13-23/h4-15,20H,2-3,16-17H2,1H3. The van der Waals surface area contributed by atoms with Crippen LogP contribution in [0.1, 0.15) is 30.2 Å². The Labute approximate surface area is 203 Å². The summed E-state index contributed by atoms with van der Waals surface area (Å²) in [6.45, 7) is 2.68. The molecule has 1 atom stereocenters. The van der Waals surface area contributed by atoms with E-state index in [1.807, 2.05) is 19.1 Å². The van der Waals surface area contributed by atoms with Gasteiger partial charge in [0.2, 0.25) is 21.7 Å². The first-order valence-electron chi connectivity index (χ1n) is 11.3. The number of ether oxygens (including phenoxy) is 1. The van der Waals surface area contributed by atoms with E-state index in [9.17, 15) is 12.8 Å². The maximum absolute atomic E-state index is 13.1. The van der Waals surface area contributed by atoms with Gasteiger partial charge in [-0.25, -0.2) is 12.8 Å². The second-order valence-electron chi connectivity index (χ2n) is 8.55. The zero-order valence-electron chi connectivity index (χ0n) is 19.1. The lowest BCUT2D eigenvalue weighted by Gasteiger charge is -2.30. The van der Waals surface area contributed by atoms with E-state index in [1.165, 1.54) is 16.4 Å². The second-order valence-corrected chi connectivity index (χ2v) is 10.5. The molecule has 1 aliphatic heterocycles. The molecular formula is C26H24FN3O4S. The molecule has 1 fully saturated rings. The van der Waals surface area contributed by atoms with Crippen molar-refractivity contribution in [3.05, 3.63) is 90.1 Å². The topological polar surface area (TPSA) is 85.5 Å². The minimum absolute atomic E-state index is 0.175. The number of piperidine rings is 1. The second kappa shape index (κ2) is 9.59. The Morgan fingerprint density at radius 3 is 2.31 bits per heavy atom. The fraction of sp³-hybridized carbons (Fsp3) is 0.231. The van der Waals surface area contributed by atoms with Crippen molar-refractivity contribution in [3.63, 3.8) is 0 Å². The normalized spacial score (nSPS) is 16.8. The van der Waals surface area contributed by atoms with Crippen molar-refractivity contribution in [2.45, 2.75) is 30.6 Å². The molecule has 1 aliphatic rings. The highest BCUT2D eigenvalue weighted by molar-refractivity contribution is 7.89. The molecular weight excluding hydrogens is 469 g/mol. The predicted octanol–water partition coefficient (Wildman–Crippen LogP) is 5.54. The third kappa shape index (κ3) is 5.11. The number of sulfonamides is 1. The van der Waals surface area contributed by atoms with Gasteiger partial charge in [-0.2, -0.15) is 9.29 Å². The Balaban J connectivity index is 1.28. The predicted molar refractivity (Wildman–Crippen MR) is 128 cm³/mol. The van der Waals surface area contributed by atoms with E-state index < -0.39 is 10.0 Å². The van der Waals surface area contributed by atoms with Crippen molar-refractivity contribution in [3.8, 4) is 22.9 Å². The number of hydrogen-bond acceptors (Lipinski definition) is 6. The van der Waals surface area contributed by atoms with Crippen LogP contribution in [0.15, 0.2) is 82.2 Å². The van der Waals surface area contributed by atoms with Crippen molar-refractivity contribution in [1.29, 1.82) is 0 Å². The molecule has 180 valence electrons. The molecule has 2 heterocycles. The van der Waals surface area contributed by atoms with Crippen LogP contribution < -0.4 is 4.74 Å². The molecule has 1 saturated heterocycles. The highest BCUT2D eigenvalue weighted by Crippen LogP contribution is 2.31. The average Bonchev–Trinajstić information content (AvgIpc) is 3.37. The number of rotatable bonds is 6. The summed E-state index contributed by atoms with van der Waals surface area (Å²) in [5, 5.41) is 4.10. The van der Waals surface area contributed by atoms with E-state index in [-0.39, 0.29) is 16.6 Å². The van der Waals surface area contributed by atoms with Crippen LogP contribution in [-0.4, -0.2) is 36.0 Å². The maximum Gasteiger partial charge on any atom is 0.243 e. The first kappa shape index (κ1) is 23.2. The molecule has 35 heavy (non-hydrogen) atoms. The molecule has 4 aromatic rings. The lowest BCUT2D eigenvalue weighted by molar-refractivity contribution is 0.265. The van der Waals surface area contributed by atoms with Gasteiger partial charge in [0.25, 0.3) is 0 Å². The fourth-order valence-electron chi connectivity index (χ4n) is 4.05. The summed E-state index contributed by atoms with van der Waals surface area (Å²) < 4.78 is 52.0. The summed E-state index contributed by atoms with van der Waals surface area (Å²) in [6.07, 6.45) is 1.48. The Morgan fingerprint density at radius 2 is 1.63 bits per heavy atom. The van der Waals surface area contributed by atoms with Crippen LogP contribution in [0, 0.1) is 12.7 Å². The summed E-state index contributed by atoms with van der Waals surface area (Å²) in [6, 6.07) is 19.8. The molecule has 0 bridgehead atoms. The van der Waals surface area contributed by atoms with Crippen LogP contribution >= 0.6 is 0 Å². The van der Waals surface area contributed by atoms with Gasteiger partial charge < -0.3 is 9.26 Å². The van der Waals surface area contributed by atoms with Crippen molar-refractivity contribution < 1.29 is 22.1 Å². The van der Waals surface area contributed by atoms with Crippen molar-refractivity contribution in [2.75, 3.05) is 13.1 Å². The Morgan fingerprint density at radius 1 is 0.971 bits per heavy atom. The Kier molecular flexibility index (Phi) is 6.36. The molecule has 0 aliphatic carbocycles. The minimum atomic E-state index is -3.59. The monoisotopic (exact) mass is 493 g/mol. The summed E-state index contributed by atoms with van der Waals surface area (Å²) >= 11 is 0. The number of hydrogen-bond donors (Lipinski definition) is 0. The molecule has 1 unspecified atom stereocenters. The lowest BCUT2D eigenvalue weighted by atomic mass is 10.00. The first-order chi connectivity index (χ1) is 16.9. The van der Waals surface area contributed by atoms with E-state index in [1.54, 1.807) is 48.5 Å². The summed E-state index contributed by atoms with van der Waals surface area (Å²) in [5.74, 6) is 1.47. The van der Waals surface area contributed by atoms with Crippen molar-refractivity contribution in [1.82, 2.24) is 14.4 Å². The third-order valence-electron chi connectivity index (χ3n) is 6.00. The van der Waals surface area contributed by atoms with E-state index >= 15 is 0 Å². The molecule has 0 saturated carbocycles. The number of benzene rings is 3. The molecule has 9 heteroatoms. The van der Waals surface area contributed by atoms with E-state index in [0.717, 1.165) is 17.5 Å². The molecule has 0 amide bonds. The molecule has 3 aromatic carbocycles. The minimum Gasteiger partial charge on any atom is -0.457 e. The summed E-state index contributed by atoms with van der Waals surface area (Å²) in [4.78, 5) is 4.84. The van der Waals surface area contributed by atoms with E-state index in [0.29, 0.717) is 42.7 Å². The van der Waals surface area contributed by atoms with Gasteiger partial charge in [-0.1, -0.05) is 22.9 Å². The van der Waals surface area contributed by atoms with Gasteiger partial charge in [-0.05, 0) is 80.4 Å². The zero-order chi connectivity index (χ0) is 24.4. The third-order valence-corrected chi connectivity index (χ3v) is 7.88. The van der Waals surface area contributed by atoms with Gasteiger partial charge in [0.1, 0.15) is 17.3 Å². The molecule has 1 aromatic heterocycles. The average molecular weight is 494 g/mol. The lowest BCUT2D eigenvalue weighted by Crippen LogP contribution is -2.39. The smallest absolute Gasteiger partial charge is 0.243 e. The SMILES string of the molecule is Cc1ccc(S(=O)(=O)N2CCCC(c3nc(-c4ccc(Oc5ccc(F)cc5)cc4)no3)C2)cc1. The zero-order valence-corrected chi connectivity index (χ0v) is 19.9. The molecule has 7 nitrogen and oxygen atoms in total. The van der Waals surface area contributed by atoms with Crippen LogP contribution in [-0.2, 0) is 10.0 Å². The van der Waals surface area contributed by atoms with Crippen LogP contribution in [0.4, 0.5) is 4.39 Å². The number of aryl methyl sites for hydroxylation is 1. The highest BCUT2D eigenvalue weighted by atomic mass is 32.2. The fourth-order valence-corrected chi connectivity index (χ4v) is 5.57. The van der Waals surface area contributed by atoms with Gasteiger partial charge in [-0.3, -0.25) is 0 Å². The molecule has 0 spiro atoms. The van der Waals surface area contributed by atoms with Crippen LogP contribution in [0.5, 0.6) is 11.5 Å². The van der Waals surface area contributed by atoms with Crippen LogP contribution in [0.2, 0.25) is 0 Å². The summed E-state index contributed by atoms with van der Waals surface area (Å²) in [5.41, 5.74) is 1.75. The highest BCUT2D eigenvalue weighted by Gasteiger charge is 2.33. The quantitative estimate of drug-likeness (QED) is 0.350.